The molecule has 1 aromatic carbocycles. The first kappa shape index (κ1) is 11.3. The minimum Gasteiger partial charge on any atom is -0.228 e. The summed E-state index contributed by atoms with van der Waals surface area (Å²) in [6.45, 7) is 6.20. The Kier molecular flexibility index (Phi) is 4.15. The third-order valence-electron chi connectivity index (χ3n) is 2.71. The zero-order valence-electron chi connectivity index (χ0n) is 9.34. The summed E-state index contributed by atoms with van der Waals surface area (Å²) < 4.78 is 0. The van der Waals surface area contributed by atoms with Crippen molar-refractivity contribution in [3.05, 3.63) is 34.9 Å². The van der Waals surface area contributed by atoms with Crippen LogP contribution in [0.15, 0.2) is 18.2 Å². The average Bonchev–Trinajstić information content (AvgIpc) is 2.27. The third kappa shape index (κ3) is 2.36. The van der Waals surface area contributed by atoms with Gasteiger partial charge < -0.3 is 0 Å². The molecule has 77 valence electrons. The number of hydrogen-bond acceptors (Lipinski definition) is 0. The molecule has 0 heterocycles. The molecule has 0 saturated heterocycles. The number of rotatable bonds is 4. The van der Waals surface area contributed by atoms with Crippen LogP contribution in [0.1, 0.15) is 50.0 Å². The fourth-order valence-electron chi connectivity index (χ4n) is 1.72. The second-order valence-electron chi connectivity index (χ2n) is 3.64. The summed E-state index contributed by atoms with van der Waals surface area (Å²) in [6, 6.07) is 6.27. The Labute approximate surface area is 86.8 Å². The van der Waals surface area contributed by atoms with Gasteiger partial charge in [0, 0.05) is 0 Å². The maximum absolute atomic E-state index is 11.7. The highest BCUT2D eigenvalue weighted by atomic mass is 16.3. The Bertz CT molecular complexity index is 291. The average molecular weight is 191 g/mol. The quantitative estimate of drug-likeness (QED) is 0.691. The van der Waals surface area contributed by atoms with Gasteiger partial charge in [-0.25, -0.2) is 5.11 Å². The molecule has 1 heteroatoms. The van der Waals surface area contributed by atoms with Crippen molar-refractivity contribution in [3.8, 4) is 0 Å². The van der Waals surface area contributed by atoms with Crippen LogP contribution in [0.3, 0.4) is 0 Å². The summed E-state index contributed by atoms with van der Waals surface area (Å²) in [5.74, 6) is 0. The predicted molar refractivity (Wildman–Crippen MR) is 58.9 cm³/mol. The number of aryl methyl sites for hydroxylation is 2. The van der Waals surface area contributed by atoms with E-state index in [4.69, 9.17) is 0 Å². The number of hydrogen-bond donors (Lipinski definition) is 0. The lowest BCUT2D eigenvalue weighted by atomic mass is 9.96. The van der Waals surface area contributed by atoms with E-state index in [9.17, 15) is 5.11 Å². The van der Waals surface area contributed by atoms with Gasteiger partial charge in [0.05, 0.1) is 0 Å². The van der Waals surface area contributed by atoms with E-state index in [1.54, 1.807) is 0 Å². The zero-order chi connectivity index (χ0) is 10.6. The Morgan fingerprint density at radius 2 is 1.86 bits per heavy atom. The molecule has 1 unspecified atom stereocenters. The lowest BCUT2D eigenvalue weighted by Crippen LogP contribution is -2.00. The van der Waals surface area contributed by atoms with Crippen LogP contribution in [0.5, 0.6) is 0 Å². The van der Waals surface area contributed by atoms with Crippen molar-refractivity contribution in [2.75, 3.05) is 0 Å². The monoisotopic (exact) mass is 191 g/mol. The molecule has 0 aromatic heterocycles. The summed E-state index contributed by atoms with van der Waals surface area (Å²) in [5, 5.41) is 11.7. The molecule has 1 atom stereocenters. The van der Waals surface area contributed by atoms with E-state index in [-0.39, 0.29) is 0 Å². The van der Waals surface area contributed by atoms with Crippen LogP contribution in [-0.4, -0.2) is 0 Å². The van der Waals surface area contributed by atoms with Crippen molar-refractivity contribution in [3.63, 3.8) is 0 Å². The Hall–Kier alpha value is -0.820. The molecule has 0 aliphatic heterocycles. The highest BCUT2D eigenvalue weighted by molar-refractivity contribution is 5.33. The molecule has 0 bridgehead atoms. The van der Waals surface area contributed by atoms with Crippen LogP contribution < -0.4 is 0 Å². The minimum absolute atomic E-state index is 0.546. The van der Waals surface area contributed by atoms with Gasteiger partial charge >= 0.3 is 0 Å². The molecule has 0 aliphatic rings. The summed E-state index contributed by atoms with van der Waals surface area (Å²) in [6.07, 6.45) is 2.14. The highest BCUT2D eigenvalue weighted by Crippen LogP contribution is 2.23. The molecular formula is C13H19O. The largest absolute Gasteiger partial charge is 0.228 e. The van der Waals surface area contributed by atoms with Crippen LogP contribution in [0.4, 0.5) is 0 Å². The summed E-state index contributed by atoms with van der Waals surface area (Å²) >= 11 is 0. The van der Waals surface area contributed by atoms with Gasteiger partial charge in [-0.1, -0.05) is 39.0 Å². The van der Waals surface area contributed by atoms with Crippen molar-refractivity contribution in [2.24, 2.45) is 0 Å². The Morgan fingerprint density at radius 3 is 2.36 bits per heavy atom. The second-order valence-corrected chi connectivity index (χ2v) is 3.64. The fourth-order valence-corrected chi connectivity index (χ4v) is 1.72. The molecule has 1 radical (unpaired) electrons. The van der Waals surface area contributed by atoms with E-state index < -0.39 is 6.10 Å². The van der Waals surface area contributed by atoms with Gasteiger partial charge in [-0.2, -0.15) is 0 Å². The molecule has 1 rings (SSSR count). The van der Waals surface area contributed by atoms with Gasteiger partial charge in [-0.15, -0.1) is 0 Å². The van der Waals surface area contributed by atoms with Crippen molar-refractivity contribution in [1.82, 2.24) is 0 Å². The second kappa shape index (κ2) is 5.16. The maximum atomic E-state index is 11.7. The summed E-state index contributed by atoms with van der Waals surface area (Å²) in [5.41, 5.74) is 3.55. The first-order valence-corrected chi connectivity index (χ1v) is 5.50. The van der Waals surface area contributed by atoms with E-state index in [1.807, 2.05) is 13.0 Å². The van der Waals surface area contributed by atoms with Crippen molar-refractivity contribution in [2.45, 2.75) is 46.1 Å². The lowest BCUT2D eigenvalue weighted by molar-refractivity contribution is 0.0849. The van der Waals surface area contributed by atoms with Gasteiger partial charge in [0.25, 0.3) is 0 Å². The van der Waals surface area contributed by atoms with Gasteiger partial charge in [0.1, 0.15) is 6.10 Å². The molecule has 14 heavy (non-hydrogen) atoms. The fraction of sp³-hybridized carbons (Fsp3) is 0.538. The molecular weight excluding hydrogens is 172 g/mol. The lowest BCUT2D eigenvalue weighted by Gasteiger charge is -2.12. The zero-order valence-corrected chi connectivity index (χ0v) is 9.34. The predicted octanol–water partition coefficient (Wildman–Crippen LogP) is 3.69. The van der Waals surface area contributed by atoms with Crippen LogP contribution in [0.25, 0.3) is 0 Å². The van der Waals surface area contributed by atoms with E-state index >= 15 is 0 Å². The highest BCUT2D eigenvalue weighted by Gasteiger charge is 2.10. The van der Waals surface area contributed by atoms with Crippen LogP contribution >= 0.6 is 0 Å². The third-order valence-corrected chi connectivity index (χ3v) is 2.71. The Balaban J connectivity index is 3.04. The molecule has 0 N–H and O–H groups in total. The van der Waals surface area contributed by atoms with Crippen LogP contribution in [0.2, 0.25) is 0 Å². The Morgan fingerprint density at radius 1 is 1.14 bits per heavy atom. The summed E-state index contributed by atoms with van der Waals surface area (Å²) in [4.78, 5) is 0. The standard InChI is InChI=1S/C13H19O/c1-4-10-7-8-12(13(14)6-3)11(5-2)9-10/h7-9,13H,4-6H2,1-3H3. The van der Waals surface area contributed by atoms with E-state index in [2.05, 4.69) is 26.0 Å². The minimum atomic E-state index is -0.546. The smallest absolute Gasteiger partial charge is 0.118 e. The first-order valence-electron chi connectivity index (χ1n) is 5.50. The molecule has 0 aliphatic carbocycles. The first-order chi connectivity index (χ1) is 6.72. The van der Waals surface area contributed by atoms with Gasteiger partial charge in [-0.3, -0.25) is 0 Å². The summed E-state index contributed by atoms with van der Waals surface area (Å²) in [7, 11) is 0. The van der Waals surface area contributed by atoms with Crippen LogP contribution in [0, 0.1) is 0 Å². The molecule has 1 nitrogen and oxygen atoms in total. The molecule has 0 spiro atoms. The normalized spacial score (nSPS) is 12.9. The topological polar surface area (TPSA) is 19.9 Å². The van der Waals surface area contributed by atoms with Gasteiger partial charge in [-0.05, 0) is 36.0 Å². The van der Waals surface area contributed by atoms with E-state index in [0.717, 1.165) is 18.4 Å². The molecule has 1 aromatic rings. The maximum Gasteiger partial charge on any atom is 0.118 e. The molecule has 0 saturated carbocycles. The van der Waals surface area contributed by atoms with E-state index in [0.29, 0.717) is 6.42 Å². The van der Waals surface area contributed by atoms with Crippen molar-refractivity contribution in [1.29, 1.82) is 0 Å². The van der Waals surface area contributed by atoms with Crippen molar-refractivity contribution < 1.29 is 5.11 Å². The van der Waals surface area contributed by atoms with Crippen LogP contribution in [-0.2, 0) is 17.9 Å². The van der Waals surface area contributed by atoms with Gasteiger partial charge in [0.2, 0.25) is 0 Å². The molecule has 0 fully saturated rings. The van der Waals surface area contributed by atoms with E-state index in [1.165, 1.54) is 11.1 Å². The number of benzene rings is 1. The molecule has 0 amide bonds. The van der Waals surface area contributed by atoms with Gasteiger partial charge in [0.15, 0.2) is 0 Å². The van der Waals surface area contributed by atoms with Crippen molar-refractivity contribution >= 4 is 0 Å². The SMILES string of the molecule is CCc1ccc(C([O])CC)c(CC)c1.